The average Bonchev–Trinajstić information content (AvgIpc) is 2.23. The summed E-state index contributed by atoms with van der Waals surface area (Å²) >= 11 is 5.35. The van der Waals surface area contributed by atoms with E-state index in [-0.39, 0.29) is 0 Å². The quantitative estimate of drug-likeness (QED) is 0.779. The summed E-state index contributed by atoms with van der Waals surface area (Å²) in [5, 5.41) is 3.37. The Labute approximate surface area is 104 Å². The molecule has 4 heteroatoms. The van der Waals surface area contributed by atoms with E-state index in [2.05, 4.69) is 33.4 Å². The molecule has 0 amide bonds. The molecule has 2 nitrogen and oxygen atoms in total. The summed E-state index contributed by atoms with van der Waals surface area (Å²) in [5.74, 6) is 2.17. The summed E-state index contributed by atoms with van der Waals surface area (Å²) in [4.78, 5) is 0. The minimum absolute atomic E-state index is 0.835. The maximum absolute atomic E-state index is 4.97. The monoisotopic (exact) mass is 289 g/mol. The van der Waals surface area contributed by atoms with Crippen molar-refractivity contribution in [2.24, 2.45) is 0 Å². The number of halogens is 1. The molecule has 1 rings (SSSR count). The Morgan fingerprint density at radius 1 is 1.40 bits per heavy atom. The lowest BCUT2D eigenvalue weighted by atomic mass is 10.3. The van der Waals surface area contributed by atoms with Gasteiger partial charge in [0.2, 0.25) is 0 Å². The van der Waals surface area contributed by atoms with Crippen LogP contribution in [0.2, 0.25) is 0 Å². The highest BCUT2D eigenvalue weighted by Gasteiger charge is 1.93. The van der Waals surface area contributed by atoms with Gasteiger partial charge in [0.15, 0.2) is 0 Å². The van der Waals surface area contributed by atoms with Gasteiger partial charge in [-0.1, -0.05) is 22.0 Å². The molecule has 1 aromatic rings. The fourth-order valence-electron chi connectivity index (χ4n) is 1.11. The fraction of sp³-hybridized carbons (Fsp3) is 0.455. The van der Waals surface area contributed by atoms with Crippen molar-refractivity contribution < 1.29 is 4.74 Å². The zero-order valence-electron chi connectivity index (χ0n) is 8.83. The van der Waals surface area contributed by atoms with Crippen LogP contribution in [0.1, 0.15) is 0 Å². The predicted molar refractivity (Wildman–Crippen MR) is 71.8 cm³/mol. The number of benzene rings is 1. The molecule has 0 saturated carbocycles. The summed E-state index contributed by atoms with van der Waals surface area (Å²) in [6.45, 7) is 1.83. The van der Waals surface area contributed by atoms with Gasteiger partial charge in [-0.2, -0.15) is 11.8 Å². The molecule has 0 saturated heterocycles. The molecule has 84 valence electrons. The van der Waals surface area contributed by atoms with Crippen molar-refractivity contribution in [1.29, 1.82) is 0 Å². The first-order valence-electron chi connectivity index (χ1n) is 4.89. The van der Waals surface area contributed by atoms with E-state index in [1.807, 2.05) is 23.9 Å². The van der Waals surface area contributed by atoms with Gasteiger partial charge in [-0.05, 0) is 18.2 Å². The highest BCUT2D eigenvalue weighted by molar-refractivity contribution is 9.10. The minimum atomic E-state index is 0.835. The van der Waals surface area contributed by atoms with Crippen LogP contribution in [0.25, 0.3) is 0 Å². The predicted octanol–water partition coefficient (Wildman–Crippen LogP) is 3.24. The zero-order valence-corrected chi connectivity index (χ0v) is 11.2. The van der Waals surface area contributed by atoms with Crippen molar-refractivity contribution in [2.75, 3.05) is 37.1 Å². The molecular formula is C11H16BrNOS. The molecule has 0 bridgehead atoms. The maximum Gasteiger partial charge on any atom is 0.0552 e. The number of nitrogens with one attached hydrogen (secondary N) is 1. The Hall–Kier alpha value is -0.190. The second-order valence-electron chi connectivity index (χ2n) is 3.04. The Morgan fingerprint density at radius 2 is 2.27 bits per heavy atom. The number of thioether (sulfide) groups is 1. The fourth-order valence-corrected chi connectivity index (χ4v) is 2.24. The highest BCUT2D eigenvalue weighted by Crippen LogP contribution is 2.15. The van der Waals surface area contributed by atoms with Gasteiger partial charge in [-0.3, -0.25) is 0 Å². The van der Waals surface area contributed by atoms with Crippen molar-refractivity contribution in [2.45, 2.75) is 0 Å². The third kappa shape index (κ3) is 6.07. The molecule has 0 aliphatic carbocycles. The molecule has 0 spiro atoms. The first-order chi connectivity index (χ1) is 7.33. The molecule has 0 atom stereocenters. The summed E-state index contributed by atoms with van der Waals surface area (Å²) in [6, 6.07) is 8.22. The number of methoxy groups -OCH3 is 1. The van der Waals surface area contributed by atoms with Crippen LogP contribution >= 0.6 is 27.7 Å². The molecule has 0 aliphatic heterocycles. The van der Waals surface area contributed by atoms with Crippen molar-refractivity contribution >= 4 is 33.4 Å². The number of anilines is 1. The van der Waals surface area contributed by atoms with E-state index >= 15 is 0 Å². The lowest BCUT2D eigenvalue weighted by molar-refractivity contribution is 0.218. The van der Waals surface area contributed by atoms with Crippen LogP contribution < -0.4 is 5.32 Å². The first kappa shape index (κ1) is 12.9. The van der Waals surface area contributed by atoms with E-state index < -0.39 is 0 Å². The Kier molecular flexibility index (Phi) is 6.88. The van der Waals surface area contributed by atoms with Crippen LogP contribution in [0, 0.1) is 0 Å². The Balaban J connectivity index is 2.10. The van der Waals surface area contributed by atoms with Crippen molar-refractivity contribution in [3.05, 3.63) is 28.7 Å². The lowest BCUT2D eigenvalue weighted by Gasteiger charge is -2.06. The van der Waals surface area contributed by atoms with Gasteiger partial charge < -0.3 is 10.1 Å². The molecular weight excluding hydrogens is 274 g/mol. The van der Waals surface area contributed by atoms with Gasteiger partial charge in [0, 0.05) is 35.3 Å². The smallest absolute Gasteiger partial charge is 0.0552 e. The molecule has 0 heterocycles. The number of hydrogen-bond donors (Lipinski definition) is 1. The molecule has 0 unspecified atom stereocenters. The Morgan fingerprint density at radius 3 is 3.00 bits per heavy atom. The summed E-state index contributed by atoms with van der Waals surface area (Å²) in [7, 11) is 1.74. The maximum atomic E-state index is 4.97. The van der Waals surface area contributed by atoms with E-state index in [1.54, 1.807) is 7.11 Å². The third-order valence-corrected chi connectivity index (χ3v) is 3.27. The van der Waals surface area contributed by atoms with Gasteiger partial charge in [0.05, 0.1) is 6.61 Å². The normalized spacial score (nSPS) is 10.3. The second-order valence-corrected chi connectivity index (χ2v) is 5.18. The topological polar surface area (TPSA) is 21.3 Å². The highest BCUT2D eigenvalue weighted by atomic mass is 79.9. The summed E-state index contributed by atoms with van der Waals surface area (Å²) in [5.41, 5.74) is 1.16. The van der Waals surface area contributed by atoms with Gasteiger partial charge in [-0.15, -0.1) is 0 Å². The molecule has 1 N–H and O–H groups in total. The van der Waals surface area contributed by atoms with Crippen LogP contribution in [0.5, 0.6) is 0 Å². The molecule has 0 aliphatic rings. The lowest BCUT2D eigenvalue weighted by Crippen LogP contribution is -2.05. The summed E-state index contributed by atoms with van der Waals surface area (Å²) in [6.07, 6.45) is 0. The van der Waals surface area contributed by atoms with Crippen LogP contribution in [0.15, 0.2) is 28.7 Å². The van der Waals surface area contributed by atoms with Gasteiger partial charge in [0.25, 0.3) is 0 Å². The zero-order chi connectivity index (χ0) is 10.9. The SMILES string of the molecule is COCCSCCNc1cccc(Br)c1. The standard InChI is InChI=1S/C11H16BrNOS/c1-14-6-8-15-7-5-13-11-4-2-3-10(12)9-11/h2-4,9,13H,5-8H2,1H3. The van der Waals surface area contributed by atoms with E-state index in [0.717, 1.165) is 34.8 Å². The number of hydrogen-bond acceptors (Lipinski definition) is 3. The van der Waals surface area contributed by atoms with Crippen molar-refractivity contribution in [1.82, 2.24) is 0 Å². The van der Waals surface area contributed by atoms with Gasteiger partial charge in [0.1, 0.15) is 0 Å². The first-order valence-corrected chi connectivity index (χ1v) is 6.84. The van der Waals surface area contributed by atoms with Crippen molar-refractivity contribution in [3.63, 3.8) is 0 Å². The van der Waals surface area contributed by atoms with E-state index in [9.17, 15) is 0 Å². The molecule has 0 fully saturated rings. The average molecular weight is 290 g/mol. The number of rotatable bonds is 7. The van der Waals surface area contributed by atoms with Crippen molar-refractivity contribution in [3.8, 4) is 0 Å². The van der Waals surface area contributed by atoms with Gasteiger partial charge >= 0.3 is 0 Å². The number of ether oxygens (including phenoxy) is 1. The molecule has 15 heavy (non-hydrogen) atoms. The van der Waals surface area contributed by atoms with E-state index in [0.29, 0.717) is 0 Å². The molecule has 1 aromatic carbocycles. The minimum Gasteiger partial charge on any atom is -0.384 e. The van der Waals surface area contributed by atoms with Gasteiger partial charge in [-0.25, -0.2) is 0 Å². The molecule has 0 radical (unpaired) electrons. The molecule has 0 aromatic heterocycles. The third-order valence-electron chi connectivity index (χ3n) is 1.83. The van der Waals surface area contributed by atoms with Crippen LogP contribution in [-0.2, 0) is 4.74 Å². The van der Waals surface area contributed by atoms with Crippen LogP contribution in [0.3, 0.4) is 0 Å². The largest absolute Gasteiger partial charge is 0.384 e. The summed E-state index contributed by atoms with van der Waals surface area (Å²) < 4.78 is 6.09. The van der Waals surface area contributed by atoms with E-state index in [1.165, 1.54) is 0 Å². The Bertz CT molecular complexity index is 283. The van der Waals surface area contributed by atoms with E-state index in [4.69, 9.17) is 4.74 Å². The van der Waals surface area contributed by atoms with Crippen LogP contribution in [-0.4, -0.2) is 31.8 Å². The van der Waals surface area contributed by atoms with Crippen LogP contribution in [0.4, 0.5) is 5.69 Å². The second kappa shape index (κ2) is 8.02.